The number of rotatable bonds is 1. The minimum absolute atomic E-state index is 0.535. The van der Waals surface area contributed by atoms with Crippen molar-refractivity contribution in [2.24, 2.45) is 0 Å². The van der Waals surface area contributed by atoms with E-state index in [4.69, 9.17) is 0 Å². The Morgan fingerprint density at radius 3 is 2.70 bits per heavy atom. The first-order valence-electron chi connectivity index (χ1n) is 2.25. The third-order valence-electron chi connectivity index (χ3n) is 0.647. The van der Waals surface area contributed by atoms with Crippen LogP contribution in [-0.4, -0.2) is 16.3 Å². The van der Waals surface area contributed by atoms with Crippen molar-refractivity contribution in [2.45, 2.75) is 6.36 Å². The summed E-state index contributed by atoms with van der Waals surface area (Å²) in [5, 5.41) is 0. The number of nitrogens with zero attached hydrogens (tertiary/aromatic N) is 1. The Balaban J connectivity index is 2.57. The molecule has 3 nitrogen and oxygen atoms in total. The molecule has 0 unspecified atom stereocenters. The van der Waals surface area contributed by atoms with Crippen LogP contribution in [0, 0.1) is 6.33 Å². The Morgan fingerprint density at radius 1 is 1.60 bits per heavy atom. The largest absolute Gasteiger partial charge is 0.574 e. The normalized spacial score (nSPS) is 11.5. The van der Waals surface area contributed by atoms with E-state index in [1.54, 1.807) is 0 Å². The number of ether oxygens (including phenoxy) is 1. The molecule has 1 N–H and O–H groups in total. The second-order valence-corrected chi connectivity index (χ2v) is 1.40. The highest BCUT2D eigenvalue weighted by atomic mass is 19.4. The van der Waals surface area contributed by atoms with Gasteiger partial charge in [0.15, 0.2) is 6.33 Å². The fourth-order valence-corrected chi connectivity index (χ4v) is 0.385. The van der Waals surface area contributed by atoms with Gasteiger partial charge in [0.25, 0.3) is 0 Å². The molecule has 0 aliphatic carbocycles. The van der Waals surface area contributed by atoms with Gasteiger partial charge in [0.2, 0.25) is 5.88 Å². The molecule has 6 heteroatoms. The molecule has 0 aliphatic rings. The number of aromatic nitrogens is 2. The van der Waals surface area contributed by atoms with E-state index in [0.717, 1.165) is 6.20 Å². The van der Waals surface area contributed by atoms with Crippen molar-refractivity contribution >= 4 is 0 Å². The number of nitrogens with one attached hydrogen (secondary N) is 1. The standard InChI is InChI=1S/C4H2F3N2O/c5-4(6,7)10-3-1-8-2-9-3/h1H,(H,8,9). The van der Waals surface area contributed by atoms with Crippen LogP contribution in [0.25, 0.3) is 0 Å². The summed E-state index contributed by atoms with van der Waals surface area (Å²) in [5.74, 6) is -0.535. The average Bonchev–Trinajstić information content (AvgIpc) is 2.12. The van der Waals surface area contributed by atoms with Crippen LogP contribution in [0.4, 0.5) is 13.2 Å². The number of halogens is 3. The minimum Gasteiger partial charge on any atom is -0.386 e. The highest BCUT2D eigenvalue weighted by Crippen LogP contribution is 2.18. The molecule has 0 bridgehead atoms. The molecule has 1 rings (SSSR count). The molecule has 0 spiro atoms. The highest BCUT2D eigenvalue weighted by molar-refractivity contribution is 5.00. The van der Waals surface area contributed by atoms with Gasteiger partial charge < -0.3 is 9.72 Å². The number of imidazole rings is 1. The summed E-state index contributed by atoms with van der Waals surface area (Å²) in [5.41, 5.74) is 0. The summed E-state index contributed by atoms with van der Waals surface area (Å²) >= 11 is 0. The van der Waals surface area contributed by atoms with Gasteiger partial charge in [-0.2, -0.15) is 4.98 Å². The predicted molar refractivity (Wildman–Crippen MR) is 24.1 cm³/mol. The molecule has 1 heterocycles. The van der Waals surface area contributed by atoms with E-state index in [2.05, 4.69) is 21.0 Å². The maximum Gasteiger partial charge on any atom is 0.574 e. The molecule has 1 radical (unpaired) electrons. The lowest BCUT2D eigenvalue weighted by Gasteiger charge is -2.03. The fourth-order valence-electron chi connectivity index (χ4n) is 0.385. The van der Waals surface area contributed by atoms with Gasteiger partial charge in [0.05, 0.1) is 6.20 Å². The zero-order valence-corrected chi connectivity index (χ0v) is 4.57. The molecule has 0 aromatic carbocycles. The number of aromatic amines is 1. The van der Waals surface area contributed by atoms with E-state index >= 15 is 0 Å². The Labute approximate surface area is 53.8 Å². The number of alkyl halides is 3. The smallest absolute Gasteiger partial charge is 0.386 e. The molecule has 0 aliphatic heterocycles. The van der Waals surface area contributed by atoms with E-state index in [1.807, 2.05) is 0 Å². The molecule has 10 heavy (non-hydrogen) atoms. The molecule has 1 aromatic rings. The molecule has 0 saturated carbocycles. The fraction of sp³-hybridized carbons (Fsp3) is 0.250. The first-order chi connectivity index (χ1) is 4.58. The number of H-pyrrole nitrogens is 1. The van der Waals surface area contributed by atoms with Crippen molar-refractivity contribution in [3.8, 4) is 5.88 Å². The van der Waals surface area contributed by atoms with Crippen molar-refractivity contribution in [2.75, 3.05) is 0 Å². The molecule has 0 amide bonds. The van der Waals surface area contributed by atoms with Gasteiger partial charge in [0.1, 0.15) is 0 Å². The van der Waals surface area contributed by atoms with E-state index in [9.17, 15) is 13.2 Å². The molecule has 1 aromatic heterocycles. The third-order valence-corrected chi connectivity index (χ3v) is 0.647. The van der Waals surface area contributed by atoms with Crippen molar-refractivity contribution in [3.05, 3.63) is 12.5 Å². The third kappa shape index (κ3) is 1.96. The van der Waals surface area contributed by atoms with E-state index in [-0.39, 0.29) is 0 Å². The Kier molecular flexibility index (Phi) is 1.52. The summed E-state index contributed by atoms with van der Waals surface area (Å²) in [6.07, 6.45) is -1.67. The predicted octanol–water partition coefficient (Wildman–Crippen LogP) is 1.11. The Morgan fingerprint density at radius 2 is 2.30 bits per heavy atom. The van der Waals surface area contributed by atoms with Crippen LogP contribution >= 0.6 is 0 Å². The summed E-state index contributed by atoms with van der Waals surface area (Å²) in [4.78, 5) is 5.27. The molecule has 0 fully saturated rings. The van der Waals surface area contributed by atoms with Crippen LogP contribution < -0.4 is 4.74 Å². The van der Waals surface area contributed by atoms with E-state index in [1.165, 1.54) is 0 Å². The molecular weight excluding hydrogens is 149 g/mol. The summed E-state index contributed by atoms with van der Waals surface area (Å²) in [6, 6.07) is 0. The average molecular weight is 151 g/mol. The van der Waals surface area contributed by atoms with Crippen molar-refractivity contribution in [3.63, 3.8) is 0 Å². The molecular formula is C4H2F3N2O. The summed E-state index contributed by atoms with van der Waals surface area (Å²) in [6.45, 7) is 0. The van der Waals surface area contributed by atoms with Crippen LogP contribution in [0.1, 0.15) is 0 Å². The van der Waals surface area contributed by atoms with Crippen LogP contribution in [0.2, 0.25) is 0 Å². The van der Waals surface area contributed by atoms with Gasteiger partial charge in [-0.25, -0.2) is 0 Å². The quantitative estimate of drug-likeness (QED) is 0.652. The van der Waals surface area contributed by atoms with Gasteiger partial charge in [-0.05, 0) is 0 Å². The number of hydrogen-bond donors (Lipinski definition) is 1. The second kappa shape index (κ2) is 2.20. The van der Waals surface area contributed by atoms with E-state index < -0.39 is 12.2 Å². The van der Waals surface area contributed by atoms with Gasteiger partial charge in [-0.15, -0.1) is 13.2 Å². The van der Waals surface area contributed by atoms with Gasteiger partial charge in [-0.1, -0.05) is 0 Å². The SMILES string of the molecule is FC(F)(F)Oc1c[nH][c]n1. The minimum atomic E-state index is -4.68. The van der Waals surface area contributed by atoms with Crippen molar-refractivity contribution in [1.29, 1.82) is 0 Å². The zero-order valence-electron chi connectivity index (χ0n) is 4.57. The summed E-state index contributed by atoms with van der Waals surface area (Å²) in [7, 11) is 0. The Bertz CT molecular complexity index is 193. The van der Waals surface area contributed by atoms with Crippen molar-refractivity contribution < 1.29 is 17.9 Å². The maximum absolute atomic E-state index is 11.3. The lowest BCUT2D eigenvalue weighted by atomic mass is 10.8. The van der Waals surface area contributed by atoms with Crippen LogP contribution in [0.15, 0.2) is 6.20 Å². The number of hydrogen-bond acceptors (Lipinski definition) is 2. The lowest BCUT2D eigenvalue weighted by Crippen LogP contribution is -2.17. The summed E-state index contributed by atoms with van der Waals surface area (Å²) < 4.78 is 37.4. The highest BCUT2D eigenvalue weighted by Gasteiger charge is 2.31. The molecule has 55 valence electrons. The first-order valence-corrected chi connectivity index (χ1v) is 2.25. The van der Waals surface area contributed by atoms with Crippen LogP contribution in [-0.2, 0) is 0 Å². The monoisotopic (exact) mass is 151 g/mol. The van der Waals surface area contributed by atoms with Crippen molar-refractivity contribution in [1.82, 2.24) is 9.97 Å². The Hall–Kier alpha value is -1.20. The van der Waals surface area contributed by atoms with Crippen LogP contribution in [0.5, 0.6) is 5.88 Å². The zero-order chi connectivity index (χ0) is 7.61. The molecule has 0 saturated heterocycles. The van der Waals surface area contributed by atoms with Crippen LogP contribution in [0.3, 0.4) is 0 Å². The van der Waals surface area contributed by atoms with Gasteiger partial charge in [-0.3, -0.25) is 0 Å². The first kappa shape index (κ1) is 6.91. The topological polar surface area (TPSA) is 37.9 Å². The lowest BCUT2D eigenvalue weighted by molar-refractivity contribution is -0.276. The van der Waals surface area contributed by atoms with Gasteiger partial charge >= 0.3 is 6.36 Å². The van der Waals surface area contributed by atoms with Gasteiger partial charge in [0, 0.05) is 0 Å². The second-order valence-electron chi connectivity index (χ2n) is 1.40. The van der Waals surface area contributed by atoms with E-state index in [0.29, 0.717) is 0 Å². The molecule has 0 atom stereocenters. The maximum atomic E-state index is 11.3.